The lowest BCUT2D eigenvalue weighted by atomic mass is 10.1. The molecule has 5 nitrogen and oxygen atoms in total. The molecule has 1 atom stereocenters. The summed E-state index contributed by atoms with van der Waals surface area (Å²) in [6, 6.07) is 0. The molecule has 0 N–H and O–H groups in total. The van der Waals surface area contributed by atoms with Gasteiger partial charge in [0.1, 0.15) is 0 Å². The SMILES string of the molecule is Cc1cscc1-c1nc(C2CC(=O)N(C)C2)no1. The first kappa shape index (κ1) is 11.4. The number of carbonyl (C=O) groups is 1. The Balaban J connectivity index is 1.87. The molecular weight excluding hydrogens is 250 g/mol. The van der Waals surface area contributed by atoms with Gasteiger partial charge in [-0.25, -0.2) is 0 Å². The van der Waals surface area contributed by atoms with Crippen molar-refractivity contribution in [2.45, 2.75) is 19.3 Å². The molecule has 2 aromatic heterocycles. The lowest BCUT2D eigenvalue weighted by molar-refractivity contribution is -0.126. The van der Waals surface area contributed by atoms with E-state index in [4.69, 9.17) is 4.52 Å². The monoisotopic (exact) mass is 263 g/mol. The summed E-state index contributed by atoms with van der Waals surface area (Å²) in [5, 5.41) is 8.05. The highest BCUT2D eigenvalue weighted by molar-refractivity contribution is 7.08. The van der Waals surface area contributed by atoms with Gasteiger partial charge in [-0.15, -0.1) is 0 Å². The van der Waals surface area contributed by atoms with E-state index in [9.17, 15) is 4.79 Å². The van der Waals surface area contributed by atoms with Gasteiger partial charge in [-0.05, 0) is 17.9 Å². The number of nitrogens with zero attached hydrogens (tertiary/aromatic N) is 3. The van der Waals surface area contributed by atoms with Gasteiger partial charge in [0.05, 0.1) is 5.56 Å². The predicted molar refractivity (Wildman–Crippen MR) is 67.3 cm³/mol. The molecule has 0 aliphatic carbocycles. The van der Waals surface area contributed by atoms with Crippen molar-refractivity contribution >= 4 is 17.2 Å². The first-order chi connectivity index (χ1) is 8.65. The van der Waals surface area contributed by atoms with Gasteiger partial charge in [-0.2, -0.15) is 16.3 Å². The summed E-state index contributed by atoms with van der Waals surface area (Å²) in [7, 11) is 1.80. The number of aryl methyl sites for hydroxylation is 1. The zero-order valence-electron chi connectivity index (χ0n) is 10.2. The van der Waals surface area contributed by atoms with E-state index in [1.54, 1.807) is 23.3 Å². The van der Waals surface area contributed by atoms with Crippen molar-refractivity contribution in [3.05, 3.63) is 22.1 Å². The van der Waals surface area contributed by atoms with Gasteiger partial charge in [0.2, 0.25) is 5.91 Å². The molecule has 1 aliphatic heterocycles. The molecule has 0 saturated carbocycles. The van der Waals surface area contributed by atoms with Crippen LogP contribution in [0.4, 0.5) is 0 Å². The second kappa shape index (κ2) is 4.20. The molecule has 0 radical (unpaired) electrons. The molecule has 3 heterocycles. The molecule has 0 bridgehead atoms. The van der Waals surface area contributed by atoms with Gasteiger partial charge in [0, 0.05) is 31.3 Å². The number of carbonyl (C=O) groups excluding carboxylic acids is 1. The number of aromatic nitrogens is 2. The maximum atomic E-state index is 11.5. The Bertz CT molecular complexity index is 590. The maximum absolute atomic E-state index is 11.5. The average Bonchev–Trinajstić information content (AvgIpc) is 3.00. The highest BCUT2D eigenvalue weighted by Gasteiger charge is 2.31. The third-order valence-electron chi connectivity index (χ3n) is 3.23. The Morgan fingerprint density at radius 1 is 1.50 bits per heavy atom. The molecular formula is C12H13N3O2S. The number of likely N-dealkylation sites (N-methyl/N-ethyl adjacent to an activating group) is 1. The van der Waals surface area contributed by atoms with E-state index in [0.717, 1.165) is 11.1 Å². The summed E-state index contributed by atoms with van der Waals surface area (Å²) in [5.74, 6) is 1.37. The van der Waals surface area contributed by atoms with Gasteiger partial charge in [0.15, 0.2) is 5.82 Å². The van der Waals surface area contributed by atoms with Crippen LogP contribution in [0.2, 0.25) is 0 Å². The standard InChI is InChI=1S/C12H13N3O2S/c1-7-5-18-6-9(7)12-13-11(14-17-12)8-3-10(16)15(2)4-8/h5-6,8H,3-4H2,1-2H3. The molecule has 1 amide bonds. The summed E-state index contributed by atoms with van der Waals surface area (Å²) in [6.45, 7) is 2.68. The Labute approximate surface area is 108 Å². The quantitative estimate of drug-likeness (QED) is 0.832. The average molecular weight is 263 g/mol. The molecule has 3 rings (SSSR count). The number of likely N-dealkylation sites (tertiary alicyclic amines) is 1. The van der Waals surface area contributed by atoms with Crippen molar-refractivity contribution in [1.82, 2.24) is 15.0 Å². The predicted octanol–water partition coefficient (Wildman–Crippen LogP) is 2.05. The number of thiophene rings is 1. The van der Waals surface area contributed by atoms with Gasteiger partial charge in [-0.3, -0.25) is 4.79 Å². The molecule has 1 saturated heterocycles. The largest absolute Gasteiger partial charge is 0.345 e. The van der Waals surface area contributed by atoms with Crippen LogP contribution in [0.25, 0.3) is 11.5 Å². The molecule has 1 unspecified atom stereocenters. The summed E-state index contributed by atoms with van der Waals surface area (Å²) >= 11 is 1.61. The normalized spacial score (nSPS) is 19.8. The highest BCUT2D eigenvalue weighted by atomic mass is 32.1. The molecule has 0 spiro atoms. The zero-order valence-corrected chi connectivity index (χ0v) is 11.0. The van der Waals surface area contributed by atoms with Crippen LogP contribution in [-0.4, -0.2) is 34.5 Å². The van der Waals surface area contributed by atoms with E-state index in [0.29, 0.717) is 24.7 Å². The molecule has 94 valence electrons. The third kappa shape index (κ3) is 1.82. The lowest BCUT2D eigenvalue weighted by Gasteiger charge is -2.06. The second-order valence-corrected chi connectivity index (χ2v) is 5.35. The van der Waals surface area contributed by atoms with Gasteiger partial charge in [0.25, 0.3) is 5.89 Å². The van der Waals surface area contributed by atoms with Crippen LogP contribution in [0.3, 0.4) is 0 Å². The Morgan fingerprint density at radius 2 is 2.33 bits per heavy atom. The molecule has 1 fully saturated rings. The number of hydrogen-bond acceptors (Lipinski definition) is 5. The summed E-state index contributed by atoms with van der Waals surface area (Å²) in [5.41, 5.74) is 2.12. The third-order valence-corrected chi connectivity index (χ3v) is 4.10. The minimum atomic E-state index is 0.0546. The van der Waals surface area contributed by atoms with E-state index in [2.05, 4.69) is 10.1 Å². The first-order valence-electron chi connectivity index (χ1n) is 5.76. The van der Waals surface area contributed by atoms with Gasteiger partial charge in [-0.1, -0.05) is 5.16 Å². The van der Waals surface area contributed by atoms with Crippen molar-refractivity contribution in [3.8, 4) is 11.5 Å². The number of hydrogen-bond donors (Lipinski definition) is 0. The molecule has 18 heavy (non-hydrogen) atoms. The number of amides is 1. The van der Waals surface area contributed by atoms with Crippen LogP contribution in [0.15, 0.2) is 15.3 Å². The topological polar surface area (TPSA) is 59.2 Å². The van der Waals surface area contributed by atoms with Crippen LogP contribution >= 0.6 is 11.3 Å². The van der Waals surface area contributed by atoms with Crippen molar-refractivity contribution in [2.75, 3.05) is 13.6 Å². The Morgan fingerprint density at radius 3 is 2.94 bits per heavy atom. The van der Waals surface area contributed by atoms with E-state index in [-0.39, 0.29) is 11.8 Å². The first-order valence-corrected chi connectivity index (χ1v) is 6.70. The van der Waals surface area contributed by atoms with E-state index < -0.39 is 0 Å². The molecule has 1 aliphatic rings. The zero-order chi connectivity index (χ0) is 12.7. The van der Waals surface area contributed by atoms with Gasteiger partial charge < -0.3 is 9.42 Å². The fraction of sp³-hybridized carbons (Fsp3) is 0.417. The fourth-order valence-corrected chi connectivity index (χ4v) is 2.95. The van der Waals surface area contributed by atoms with Crippen LogP contribution < -0.4 is 0 Å². The smallest absolute Gasteiger partial charge is 0.259 e. The molecule has 6 heteroatoms. The van der Waals surface area contributed by atoms with Crippen molar-refractivity contribution in [1.29, 1.82) is 0 Å². The van der Waals surface area contributed by atoms with E-state index >= 15 is 0 Å². The Kier molecular flexibility index (Phi) is 2.66. The van der Waals surface area contributed by atoms with Crippen molar-refractivity contribution < 1.29 is 9.32 Å². The summed E-state index contributed by atoms with van der Waals surface area (Å²) < 4.78 is 5.29. The minimum Gasteiger partial charge on any atom is -0.345 e. The van der Waals surface area contributed by atoms with E-state index in [1.165, 1.54) is 0 Å². The van der Waals surface area contributed by atoms with Crippen LogP contribution in [0.5, 0.6) is 0 Å². The highest BCUT2D eigenvalue weighted by Crippen LogP contribution is 2.29. The van der Waals surface area contributed by atoms with E-state index in [1.807, 2.05) is 17.7 Å². The minimum absolute atomic E-state index is 0.0546. The van der Waals surface area contributed by atoms with Crippen LogP contribution in [0, 0.1) is 6.92 Å². The number of rotatable bonds is 2. The molecule has 2 aromatic rings. The van der Waals surface area contributed by atoms with Crippen LogP contribution in [-0.2, 0) is 4.79 Å². The second-order valence-electron chi connectivity index (χ2n) is 4.60. The Hall–Kier alpha value is -1.69. The van der Waals surface area contributed by atoms with Crippen molar-refractivity contribution in [3.63, 3.8) is 0 Å². The lowest BCUT2D eigenvalue weighted by Crippen LogP contribution is -2.18. The fourth-order valence-electron chi connectivity index (χ4n) is 2.13. The van der Waals surface area contributed by atoms with Crippen molar-refractivity contribution in [2.24, 2.45) is 0 Å². The summed E-state index contributed by atoms with van der Waals surface area (Å²) in [6.07, 6.45) is 0.470. The summed E-state index contributed by atoms with van der Waals surface area (Å²) in [4.78, 5) is 17.6. The van der Waals surface area contributed by atoms with Gasteiger partial charge >= 0.3 is 0 Å². The maximum Gasteiger partial charge on any atom is 0.259 e. The molecule has 0 aromatic carbocycles. The van der Waals surface area contributed by atoms with Crippen LogP contribution in [0.1, 0.15) is 23.7 Å².